The van der Waals surface area contributed by atoms with Gasteiger partial charge in [-0.05, 0) is 56.2 Å². The Hall–Kier alpha value is -3.26. The van der Waals surface area contributed by atoms with Gasteiger partial charge in [-0.25, -0.2) is 4.99 Å². The molecule has 2 aromatic rings. The maximum Gasteiger partial charge on any atom is 0.257 e. The van der Waals surface area contributed by atoms with Crippen LogP contribution in [0.1, 0.15) is 30.1 Å². The van der Waals surface area contributed by atoms with E-state index in [0.717, 1.165) is 30.9 Å². The van der Waals surface area contributed by atoms with E-state index >= 15 is 0 Å². The third-order valence-electron chi connectivity index (χ3n) is 4.77. The topological polar surface area (TPSA) is 90.4 Å². The Bertz CT molecular complexity index is 907. The van der Waals surface area contributed by atoms with Gasteiger partial charge in [-0.15, -0.1) is 0 Å². The minimum absolute atomic E-state index is 0.0703. The van der Waals surface area contributed by atoms with E-state index < -0.39 is 0 Å². The Labute approximate surface area is 175 Å². The SMILES string of the molecule is CCOc1ccc(C(=O)NC(=NC[C@@H]2CCCO2)Nc2ccc3c(c2)OCO3)cc1. The van der Waals surface area contributed by atoms with Crippen molar-refractivity contribution in [2.75, 3.05) is 31.9 Å². The summed E-state index contributed by atoms with van der Waals surface area (Å²) in [6.07, 6.45) is 2.07. The second-order valence-corrected chi connectivity index (χ2v) is 6.93. The van der Waals surface area contributed by atoms with E-state index in [1.165, 1.54) is 0 Å². The molecule has 2 N–H and O–H groups in total. The number of guanidine groups is 1. The van der Waals surface area contributed by atoms with E-state index in [4.69, 9.17) is 18.9 Å². The van der Waals surface area contributed by atoms with E-state index in [0.29, 0.717) is 36.2 Å². The molecule has 1 amide bonds. The fraction of sp³-hybridized carbons (Fsp3) is 0.364. The lowest BCUT2D eigenvalue weighted by atomic mass is 10.2. The Balaban J connectivity index is 1.47. The summed E-state index contributed by atoms with van der Waals surface area (Å²) in [5.74, 6) is 2.15. The molecular weight excluding hydrogens is 386 g/mol. The summed E-state index contributed by atoms with van der Waals surface area (Å²) in [6, 6.07) is 12.5. The average molecular weight is 411 g/mol. The smallest absolute Gasteiger partial charge is 0.257 e. The van der Waals surface area contributed by atoms with Gasteiger partial charge < -0.3 is 24.3 Å². The van der Waals surface area contributed by atoms with Crippen LogP contribution in [0.4, 0.5) is 5.69 Å². The molecule has 1 atom stereocenters. The fourth-order valence-corrected chi connectivity index (χ4v) is 3.25. The van der Waals surface area contributed by atoms with Crippen LogP contribution in [-0.2, 0) is 4.74 Å². The van der Waals surface area contributed by atoms with Gasteiger partial charge in [0.15, 0.2) is 11.5 Å². The van der Waals surface area contributed by atoms with Gasteiger partial charge in [-0.2, -0.15) is 0 Å². The number of benzene rings is 2. The first-order chi connectivity index (χ1) is 14.7. The Morgan fingerprint density at radius 2 is 2.00 bits per heavy atom. The van der Waals surface area contributed by atoms with Crippen molar-refractivity contribution < 1.29 is 23.7 Å². The molecule has 8 nitrogen and oxygen atoms in total. The lowest BCUT2D eigenvalue weighted by Crippen LogP contribution is -2.36. The van der Waals surface area contributed by atoms with Crippen molar-refractivity contribution in [3.63, 3.8) is 0 Å². The van der Waals surface area contributed by atoms with Crippen LogP contribution in [0.25, 0.3) is 0 Å². The minimum Gasteiger partial charge on any atom is -0.494 e. The van der Waals surface area contributed by atoms with Crippen molar-refractivity contribution in [1.82, 2.24) is 5.32 Å². The largest absolute Gasteiger partial charge is 0.494 e. The number of carbonyl (C=O) groups excluding carboxylic acids is 1. The van der Waals surface area contributed by atoms with Crippen LogP contribution in [0, 0.1) is 0 Å². The Morgan fingerprint density at radius 3 is 2.77 bits per heavy atom. The summed E-state index contributed by atoms with van der Waals surface area (Å²) in [5.41, 5.74) is 1.24. The van der Waals surface area contributed by atoms with E-state index in [1.54, 1.807) is 24.3 Å². The molecule has 8 heteroatoms. The summed E-state index contributed by atoms with van der Waals surface area (Å²) < 4.78 is 21.8. The number of fused-ring (bicyclic) bond motifs is 1. The Kier molecular flexibility index (Phi) is 6.34. The predicted octanol–water partition coefficient (Wildman–Crippen LogP) is 3.19. The molecule has 1 saturated heterocycles. The number of carbonyl (C=O) groups is 1. The zero-order valence-electron chi connectivity index (χ0n) is 16.8. The van der Waals surface area contributed by atoms with Crippen LogP contribution in [0.3, 0.4) is 0 Å². The summed E-state index contributed by atoms with van der Waals surface area (Å²) in [5, 5.41) is 6.02. The highest BCUT2D eigenvalue weighted by Gasteiger charge is 2.17. The molecule has 2 aliphatic rings. The lowest BCUT2D eigenvalue weighted by molar-refractivity contribution is 0.0975. The molecule has 0 aromatic heterocycles. The standard InChI is InChI=1S/C22H25N3O5/c1-2-27-17-8-5-15(6-9-17)21(26)25-22(23-13-18-4-3-11-28-18)24-16-7-10-19-20(12-16)30-14-29-19/h5-10,12,18H,2-4,11,13-14H2,1H3,(H2,23,24,25,26)/t18-/m0/s1. The number of ether oxygens (including phenoxy) is 4. The van der Waals surface area contributed by atoms with Crippen LogP contribution in [0.2, 0.25) is 0 Å². The van der Waals surface area contributed by atoms with Crippen molar-refractivity contribution in [3.05, 3.63) is 48.0 Å². The summed E-state index contributed by atoms with van der Waals surface area (Å²) in [4.78, 5) is 17.3. The normalized spacial score (nSPS) is 17.6. The van der Waals surface area contributed by atoms with Gasteiger partial charge in [0, 0.05) is 23.9 Å². The molecule has 1 fully saturated rings. The minimum atomic E-state index is -0.266. The van der Waals surface area contributed by atoms with E-state index in [2.05, 4.69) is 15.6 Å². The van der Waals surface area contributed by atoms with E-state index in [9.17, 15) is 4.79 Å². The number of hydrogen-bond acceptors (Lipinski definition) is 6. The number of aliphatic imine (C=N–C) groups is 1. The van der Waals surface area contributed by atoms with Gasteiger partial charge in [0.2, 0.25) is 12.8 Å². The van der Waals surface area contributed by atoms with Crippen LogP contribution >= 0.6 is 0 Å². The van der Waals surface area contributed by atoms with Crippen molar-refractivity contribution in [2.24, 2.45) is 4.99 Å². The maximum absolute atomic E-state index is 12.7. The molecule has 2 aliphatic heterocycles. The molecule has 158 valence electrons. The van der Waals surface area contributed by atoms with Gasteiger partial charge in [0.05, 0.1) is 19.3 Å². The predicted molar refractivity (Wildman–Crippen MR) is 113 cm³/mol. The highest BCUT2D eigenvalue weighted by molar-refractivity contribution is 6.10. The second kappa shape index (κ2) is 9.49. The van der Waals surface area contributed by atoms with Crippen LogP contribution in [-0.4, -0.2) is 44.5 Å². The maximum atomic E-state index is 12.7. The first kappa shape index (κ1) is 20.0. The number of amides is 1. The van der Waals surface area contributed by atoms with Crippen molar-refractivity contribution in [3.8, 4) is 17.2 Å². The zero-order chi connectivity index (χ0) is 20.8. The first-order valence-corrected chi connectivity index (χ1v) is 10.1. The van der Waals surface area contributed by atoms with Gasteiger partial charge in [-0.3, -0.25) is 10.1 Å². The highest BCUT2D eigenvalue weighted by atomic mass is 16.7. The number of hydrogen-bond donors (Lipinski definition) is 2. The molecule has 0 saturated carbocycles. The molecule has 0 unspecified atom stereocenters. The van der Waals surface area contributed by atoms with Crippen molar-refractivity contribution in [1.29, 1.82) is 0 Å². The summed E-state index contributed by atoms with van der Waals surface area (Å²) in [7, 11) is 0. The monoisotopic (exact) mass is 411 g/mol. The zero-order valence-corrected chi connectivity index (χ0v) is 16.8. The summed E-state index contributed by atoms with van der Waals surface area (Å²) in [6.45, 7) is 3.91. The highest BCUT2D eigenvalue weighted by Crippen LogP contribution is 2.34. The molecule has 4 rings (SSSR count). The molecule has 2 aromatic carbocycles. The molecule has 2 heterocycles. The van der Waals surface area contributed by atoms with Gasteiger partial charge in [0.1, 0.15) is 5.75 Å². The third-order valence-corrected chi connectivity index (χ3v) is 4.77. The molecular formula is C22H25N3O5. The van der Waals surface area contributed by atoms with Gasteiger partial charge in [-0.1, -0.05) is 0 Å². The quantitative estimate of drug-likeness (QED) is 0.561. The van der Waals surface area contributed by atoms with Gasteiger partial charge >= 0.3 is 0 Å². The molecule has 0 radical (unpaired) electrons. The lowest BCUT2D eigenvalue weighted by Gasteiger charge is -2.14. The van der Waals surface area contributed by atoms with Gasteiger partial charge in [0.25, 0.3) is 5.91 Å². The number of anilines is 1. The molecule has 0 aliphatic carbocycles. The van der Waals surface area contributed by atoms with Crippen molar-refractivity contribution in [2.45, 2.75) is 25.9 Å². The van der Waals surface area contributed by atoms with E-state index in [1.807, 2.05) is 25.1 Å². The summed E-state index contributed by atoms with van der Waals surface area (Å²) >= 11 is 0. The van der Waals surface area contributed by atoms with Crippen molar-refractivity contribution >= 4 is 17.6 Å². The number of nitrogens with one attached hydrogen (secondary N) is 2. The van der Waals surface area contributed by atoms with Crippen LogP contribution < -0.4 is 24.8 Å². The molecule has 0 bridgehead atoms. The van der Waals surface area contributed by atoms with Crippen LogP contribution in [0.15, 0.2) is 47.5 Å². The number of nitrogens with zero attached hydrogens (tertiary/aromatic N) is 1. The number of rotatable bonds is 6. The van der Waals surface area contributed by atoms with Crippen LogP contribution in [0.5, 0.6) is 17.2 Å². The average Bonchev–Trinajstić information content (AvgIpc) is 3.44. The fourth-order valence-electron chi connectivity index (χ4n) is 3.25. The van der Waals surface area contributed by atoms with E-state index in [-0.39, 0.29) is 18.8 Å². The molecule has 0 spiro atoms. The third kappa shape index (κ3) is 5.01. The second-order valence-electron chi connectivity index (χ2n) is 6.93. The molecule has 30 heavy (non-hydrogen) atoms. The first-order valence-electron chi connectivity index (χ1n) is 10.1. The Morgan fingerprint density at radius 1 is 1.17 bits per heavy atom.